The van der Waals surface area contributed by atoms with Crippen LogP contribution in [0.5, 0.6) is 0 Å². The van der Waals surface area contributed by atoms with Crippen LogP contribution in [-0.2, 0) is 16.0 Å². The molecule has 0 radical (unpaired) electrons. The van der Waals surface area contributed by atoms with Crippen LogP contribution in [-0.4, -0.2) is 42.7 Å². The van der Waals surface area contributed by atoms with Crippen molar-refractivity contribution in [2.24, 2.45) is 0 Å². The van der Waals surface area contributed by atoms with Gasteiger partial charge in [-0.15, -0.1) is 16.7 Å². The third-order valence-electron chi connectivity index (χ3n) is 2.09. The average molecular weight is 324 g/mol. The topological polar surface area (TPSA) is 84.7 Å². The molecule has 20 heavy (non-hydrogen) atoms. The fourth-order valence-electron chi connectivity index (χ4n) is 1.33. The van der Waals surface area contributed by atoms with E-state index in [0.29, 0.717) is 12.3 Å². The maximum absolute atomic E-state index is 11.8. The lowest BCUT2D eigenvalue weighted by atomic mass is 10.2. The second kappa shape index (κ2) is 7.05. The van der Waals surface area contributed by atoms with Crippen LogP contribution in [0.3, 0.4) is 0 Å². The maximum atomic E-state index is 11.8. The number of hydrogen-bond donors (Lipinski definition) is 1. The van der Waals surface area contributed by atoms with Crippen LogP contribution in [0.25, 0.3) is 0 Å². The summed E-state index contributed by atoms with van der Waals surface area (Å²) < 4.78 is 27.7. The van der Waals surface area contributed by atoms with Gasteiger partial charge in [-0.1, -0.05) is 0 Å². The number of alkyl halides is 1. The van der Waals surface area contributed by atoms with Gasteiger partial charge in [0.1, 0.15) is 5.60 Å². The van der Waals surface area contributed by atoms with E-state index in [0.717, 1.165) is 8.99 Å². The van der Waals surface area contributed by atoms with Gasteiger partial charge in [-0.05, 0) is 27.2 Å². The molecule has 1 aromatic rings. The summed E-state index contributed by atoms with van der Waals surface area (Å²) in [7, 11) is 0. The lowest BCUT2D eigenvalue weighted by Gasteiger charge is -2.19. The second-order valence-corrected chi connectivity index (χ2v) is 6.25. The van der Waals surface area contributed by atoms with E-state index in [4.69, 9.17) is 16.3 Å². The third kappa shape index (κ3) is 5.10. The number of nitrogens with zero attached hydrogens (tertiary/aromatic N) is 3. The predicted molar refractivity (Wildman–Crippen MR) is 77.3 cm³/mol. The zero-order valence-electron chi connectivity index (χ0n) is 11.6. The number of hydrogen-bond acceptors (Lipinski definition) is 4. The molecule has 1 rings (SSSR count). The molecule has 7 nitrogen and oxygen atoms in total. The summed E-state index contributed by atoms with van der Waals surface area (Å²) >= 11 is 3.33. The molecule has 114 valence electrons. The van der Waals surface area contributed by atoms with Gasteiger partial charge >= 0.3 is 6.09 Å². The Hall–Kier alpha value is -1.12. The molecule has 0 spiro atoms. The Kier molecular flexibility index (Phi) is 5.97. The predicted octanol–water partition coefficient (Wildman–Crippen LogP) is 2.24. The summed E-state index contributed by atoms with van der Waals surface area (Å²) in [5.41, 5.74) is -0.638. The zero-order chi connectivity index (χ0) is 15.3. The number of rotatable bonds is 5. The average Bonchev–Trinajstić information content (AvgIpc) is 2.76. The quantitative estimate of drug-likeness (QED) is 0.663. The lowest BCUT2D eigenvalue weighted by molar-refractivity contribution is 0.0515. The minimum Gasteiger partial charge on any atom is -0.442 e. The van der Waals surface area contributed by atoms with Crippen LogP contribution >= 0.6 is 11.6 Å². The highest BCUT2D eigenvalue weighted by Gasteiger charge is 2.21. The Labute approximate surface area is 125 Å². The molecular weight excluding hydrogens is 306 g/mol. The fraction of sp³-hybridized carbons (Fsp3) is 0.636. The summed E-state index contributed by atoms with van der Waals surface area (Å²) in [5, 5.41) is 3.94. The number of halogens is 1. The molecule has 9 heteroatoms. The molecule has 0 aliphatic carbocycles. The van der Waals surface area contributed by atoms with Crippen molar-refractivity contribution < 1.29 is 18.3 Å². The summed E-state index contributed by atoms with van der Waals surface area (Å²) in [5.74, 6) is 0.572. The molecule has 0 amide bonds. The van der Waals surface area contributed by atoms with E-state index in [1.54, 1.807) is 20.8 Å². The normalized spacial score (nSPS) is 13.1. The molecular formula is C11H18ClN3O4S. The first-order valence-corrected chi connectivity index (χ1v) is 7.58. The number of anilines is 1. The molecule has 0 aliphatic rings. The van der Waals surface area contributed by atoms with Gasteiger partial charge in [0.15, 0.2) is 5.82 Å². The molecule has 1 unspecified atom stereocenters. The Morgan fingerprint density at radius 3 is 2.75 bits per heavy atom. The number of aromatic nitrogens is 2. The molecule has 1 aromatic heterocycles. The van der Waals surface area contributed by atoms with E-state index in [9.17, 15) is 13.6 Å². The lowest BCUT2D eigenvalue weighted by Crippen LogP contribution is -2.29. The van der Waals surface area contributed by atoms with Gasteiger partial charge in [0, 0.05) is 24.7 Å². The number of ether oxygens (including phenoxy) is 1. The van der Waals surface area contributed by atoms with Crippen molar-refractivity contribution in [3.63, 3.8) is 0 Å². The van der Waals surface area contributed by atoms with Crippen LogP contribution < -0.4 is 4.31 Å². The van der Waals surface area contributed by atoms with Gasteiger partial charge in [-0.25, -0.2) is 9.00 Å². The summed E-state index contributed by atoms with van der Waals surface area (Å²) in [6.07, 6.45) is 1.25. The van der Waals surface area contributed by atoms with Gasteiger partial charge in [0.05, 0.1) is 0 Å². The number of carbonyl (C=O) groups is 1. The molecule has 1 N–H and O–H groups in total. The van der Waals surface area contributed by atoms with Gasteiger partial charge in [0.25, 0.3) is 11.3 Å². The van der Waals surface area contributed by atoms with Crippen molar-refractivity contribution in [2.45, 2.75) is 32.8 Å². The van der Waals surface area contributed by atoms with Crippen LogP contribution in [0.4, 0.5) is 10.6 Å². The molecule has 0 saturated carbocycles. The van der Waals surface area contributed by atoms with Gasteiger partial charge in [-0.3, -0.25) is 8.86 Å². The molecule has 1 atom stereocenters. The molecule has 0 saturated heterocycles. The van der Waals surface area contributed by atoms with Crippen molar-refractivity contribution in [2.75, 3.05) is 16.7 Å². The van der Waals surface area contributed by atoms with Crippen molar-refractivity contribution in [1.29, 1.82) is 0 Å². The maximum Gasteiger partial charge on any atom is 0.435 e. The fourth-order valence-corrected chi connectivity index (χ4v) is 2.00. The Bertz CT molecular complexity index is 486. The molecule has 0 fully saturated rings. The van der Waals surface area contributed by atoms with E-state index < -0.39 is 23.0 Å². The van der Waals surface area contributed by atoms with E-state index in [-0.39, 0.29) is 12.4 Å². The van der Waals surface area contributed by atoms with E-state index in [1.165, 1.54) is 12.3 Å². The molecule has 1 heterocycles. The summed E-state index contributed by atoms with van der Waals surface area (Å²) in [4.78, 5) is 11.8. The van der Waals surface area contributed by atoms with E-state index in [2.05, 4.69) is 5.10 Å². The molecule has 0 bridgehead atoms. The first kappa shape index (κ1) is 16.9. The molecule has 0 aliphatic heterocycles. The van der Waals surface area contributed by atoms with Gasteiger partial charge in [0.2, 0.25) is 0 Å². The highest BCUT2D eigenvalue weighted by molar-refractivity contribution is 7.80. The van der Waals surface area contributed by atoms with Crippen molar-refractivity contribution in [3.05, 3.63) is 12.3 Å². The SMILES string of the molecule is CC(C)(C)OC(=O)n1ccc(N(CCCCl)S(=O)O)n1. The standard InChI is InChI=1S/C11H18ClN3O4S/c1-11(2,3)19-10(16)14-8-5-9(13-14)15(20(17)18)7-4-6-12/h5,8H,4,6-7H2,1-3H3,(H,17,18). The Balaban J connectivity index is 2.84. The first-order chi connectivity index (χ1) is 9.24. The Morgan fingerprint density at radius 1 is 1.60 bits per heavy atom. The monoisotopic (exact) mass is 323 g/mol. The minimum absolute atomic E-state index is 0.210. The molecule has 0 aromatic carbocycles. The summed E-state index contributed by atoms with van der Waals surface area (Å²) in [6.45, 7) is 5.48. The Morgan fingerprint density at radius 2 is 2.25 bits per heavy atom. The highest BCUT2D eigenvalue weighted by Crippen LogP contribution is 2.15. The van der Waals surface area contributed by atoms with Crippen LogP contribution in [0.1, 0.15) is 27.2 Å². The van der Waals surface area contributed by atoms with Crippen LogP contribution in [0.15, 0.2) is 12.3 Å². The zero-order valence-corrected chi connectivity index (χ0v) is 13.1. The second-order valence-electron chi connectivity index (χ2n) is 4.97. The third-order valence-corrected chi connectivity index (χ3v) is 3.11. The number of carbonyl (C=O) groups excluding carboxylic acids is 1. The first-order valence-electron chi connectivity index (χ1n) is 5.98. The largest absolute Gasteiger partial charge is 0.442 e. The highest BCUT2D eigenvalue weighted by atomic mass is 35.5. The van der Waals surface area contributed by atoms with E-state index in [1.807, 2.05) is 0 Å². The smallest absolute Gasteiger partial charge is 0.435 e. The van der Waals surface area contributed by atoms with Crippen molar-refractivity contribution >= 4 is 34.8 Å². The van der Waals surface area contributed by atoms with Crippen LogP contribution in [0.2, 0.25) is 0 Å². The van der Waals surface area contributed by atoms with Crippen molar-refractivity contribution in [1.82, 2.24) is 9.78 Å². The minimum atomic E-state index is -2.23. The van der Waals surface area contributed by atoms with E-state index >= 15 is 0 Å². The van der Waals surface area contributed by atoms with Gasteiger partial charge in [-0.2, -0.15) is 4.68 Å². The summed E-state index contributed by atoms with van der Waals surface area (Å²) in [6, 6.07) is 1.46. The van der Waals surface area contributed by atoms with Crippen molar-refractivity contribution in [3.8, 4) is 0 Å². The van der Waals surface area contributed by atoms with Gasteiger partial charge < -0.3 is 4.74 Å². The van der Waals surface area contributed by atoms with Crippen LogP contribution in [0, 0.1) is 0 Å².